The van der Waals surface area contributed by atoms with Gasteiger partial charge in [-0.3, -0.25) is 4.57 Å². The van der Waals surface area contributed by atoms with Gasteiger partial charge < -0.3 is 8.97 Å². The van der Waals surface area contributed by atoms with Crippen LogP contribution >= 0.6 is 11.3 Å². The summed E-state index contributed by atoms with van der Waals surface area (Å²) >= 11 is 1.74. The van der Waals surface area contributed by atoms with Crippen LogP contribution in [0.25, 0.3) is 125 Å². The van der Waals surface area contributed by atoms with Gasteiger partial charge >= 0.3 is 0 Å². The average molecular weight is 756 g/mol. The van der Waals surface area contributed by atoms with E-state index in [-0.39, 0.29) is 0 Å². The minimum Gasteiger partial charge on any atom is -0.309 e. The highest BCUT2D eigenvalue weighted by Crippen LogP contribution is 2.47. The zero-order valence-electron chi connectivity index (χ0n) is 30.9. The Bertz CT molecular complexity index is 4030. The van der Waals surface area contributed by atoms with Crippen LogP contribution in [-0.4, -0.2) is 23.5 Å². The highest BCUT2D eigenvalue weighted by molar-refractivity contribution is 7.25. The fraction of sp³-hybridized carbons (Fsp3) is 0. The molecule has 14 rings (SSSR count). The number of thiophene rings is 1. The van der Waals surface area contributed by atoms with Crippen LogP contribution in [0.15, 0.2) is 176 Å². The highest BCUT2D eigenvalue weighted by atomic mass is 32.1. The Hall–Kier alpha value is -7.54. The van der Waals surface area contributed by atoms with E-state index in [0.717, 1.165) is 43.7 Å². The van der Waals surface area contributed by atoms with Crippen molar-refractivity contribution in [2.24, 2.45) is 0 Å². The number of para-hydroxylation sites is 5. The predicted octanol–water partition coefficient (Wildman–Crippen LogP) is 13.9. The molecule has 6 heterocycles. The summed E-state index contributed by atoms with van der Waals surface area (Å²) in [6.07, 6.45) is 0. The maximum absolute atomic E-state index is 5.71. The van der Waals surface area contributed by atoms with Crippen LogP contribution in [0.1, 0.15) is 0 Å². The van der Waals surface area contributed by atoms with E-state index in [4.69, 9.17) is 9.97 Å². The van der Waals surface area contributed by atoms with Crippen LogP contribution in [0, 0.1) is 0 Å². The van der Waals surface area contributed by atoms with Gasteiger partial charge in [-0.15, -0.1) is 11.3 Å². The minimum absolute atomic E-state index is 0.673. The third kappa shape index (κ3) is 3.85. The van der Waals surface area contributed by atoms with Gasteiger partial charge in [-0.05, 0) is 54.6 Å². The second-order valence-electron chi connectivity index (χ2n) is 15.3. The van der Waals surface area contributed by atoms with Crippen molar-refractivity contribution in [1.82, 2.24) is 23.5 Å². The molecule has 0 aliphatic rings. The van der Waals surface area contributed by atoms with Crippen LogP contribution < -0.4 is 0 Å². The third-order valence-electron chi connectivity index (χ3n) is 12.4. The molecule has 0 N–H and O–H groups in total. The molecule has 6 aromatic heterocycles. The lowest BCUT2D eigenvalue weighted by molar-refractivity contribution is 1.02. The Kier molecular flexibility index (Phi) is 5.85. The minimum atomic E-state index is 0.673. The fourth-order valence-corrected chi connectivity index (χ4v) is 11.1. The Morgan fingerprint density at radius 3 is 1.72 bits per heavy atom. The van der Waals surface area contributed by atoms with Crippen LogP contribution in [0.2, 0.25) is 0 Å². The van der Waals surface area contributed by atoms with Crippen molar-refractivity contribution in [2.45, 2.75) is 0 Å². The standard InChI is InChI=1S/C52H29N5S/c1-2-14-31(15-3-1)55-40-21-9-4-16-32(40)35-27-26-30(28-44(35)55)48-46-37-20-8-13-25-45(37)58-51(46)54-52(53-48)57-42-23-11-6-18-34(42)39-29-38-33-17-5-10-22-41(33)56-43-24-12-7-19-36(43)47(49(38)56)50(39)57/h1-29H. The molecule has 0 radical (unpaired) electrons. The van der Waals surface area contributed by atoms with Gasteiger partial charge in [0.2, 0.25) is 5.95 Å². The zero-order valence-corrected chi connectivity index (χ0v) is 31.7. The fourth-order valence-electron chi connectivity index (χ4n) is 10.1. The summed E-state index contributed by atoms with van der Waals surface area (Å²) in [6.45, 7) is 0. The van der Waals surface area contributed by atoms with E-state index in [1.165, 1.54) is 75.2 Å². The van der Waals surface area contributed by atoms with Gasteiger partial charge in [0.15, 0.2) is 0 Å². The molecular formula is C52H29N5S. The highest BCUT2D eigenvalue weighted by Gasteiger charge is 2.26. The van der Waals surface area contributed by atoms with E-state index < -0.39 is 0 Å². The van der Waals surface area contributed by atoms with Crippen molar-refractivity contribution in [1.29, 1.82) is 0 Å². The number of hydrogen-bond acceptors (Lipinski definition) is 3. The molecule has 5 nitrogen and oxygen atoms in total. The van der Waals surface area contributed by atoms with E-state index in [2.05, 4.69) is 189 Å². The third-order valence-corrected chi connectivity index (χ3v) is 13.5. The van der Waals surface area contributed by atoms with Crippen molar-refractivity contribution >= 4 is 113 Å². The molecule has 0 fully saturated rings. The van der Waals surface area contributed by atoms with E-state index in [0.29, 0.717) is 5.95 Å². The van der Waals surface area contributed by atoms with E-state index in [1.807, 2.05) is 0 Å². The molecule has 268 valence electrons. The molecule has 0 bridgehead atoms. The number of benzene rings is 8. The van der Waals surface area contributed by atoms with Gasteiger partial charge in [0.1, 0.15) is 4.83 Å². The largest absolute Gasteiger partial charge is 0.309 e. The summed E-state index contributed by atoms with van der Waals surface area (Å²) in [5.74, 6) is 0.673. The average Bonchev–Trinajstić information content (AvgIpc) is 4.08. The van der Waals surface area contributed by atoms with Crippen molar-refractivity contribution < 1.29 is 0 Å². The van der Waals surface area contributed by atoms with E-state index in [9.17, 15) is 0 Å². The van der Waals surface area contributed by atoms with E-state index >= 15 is 0 Å². The number of fused-ring (bicyclic) bond motifs is 16. The van der Waals surface area contributed by atoms with Gasteiger partial charge in [0, 0.05) is 69.8 Å². The molecule has 8 aromatic carbocycles. The summed E-state index contributed by atoms with van der Waals surface area (Å²) < 4.78 is 8.39. The molecule has 0 spiro atoms. The van der Waals surface area contributed by atoms with Gasteiger partial charge in [-0.2, -0.15) is 0 Å². The summed E-state index contributed by atoms with van der Waals surface area (Å²) in [7, 11) is 0. The smallest absolute Gasteiger partial charge is 0.236 e. The molecule has 6 heteroatoms. The topological polar surface area (TPSA) is 40.0 Å². The van der Waals surface area contributed by atoms with Crippen molar-refractivity contribution in [3.8, 4) is 22.9 Å². The number of rotatable bonds is 3. The van der Waals surface area contributed by atoms with Crippen molar-refractivity contribution in [3.05, 3.63) is 176 Å². The predicted molar refractivity (Wildman–Crippen MR) is 244 cm³/mol. The lowest BCUT2D eigenvalue weighted by Crippen LogP contribution is -2.03. The quantitative estimate of drug-likeness (QED) is 0.180. The molecule has 0 saturated heterocycles. The lowest BCUT2D eigenvalue weighted by Gasteiger charge is -2.12. The Labute approximate surface area is 334 Å². The van der Waals surface area contributed by atoms with Crippen LogP contribution in [-0.2, 0) is 0 Å². The molecule has 14 aromatic rings. The Balaban J connectivity index is 1.15. The van der Waals surface area contributed by atoms with Gasteiger partial charge in [0.25, 0.3) is 0 Å². The molecular weight excluding hydrogens is 727 g/mol. The summed E-state index contributed by atoms with van der Waals surface area (Å²) in [4.78, 5) is 12.2. The van der Waals surface area contributed by atoms with Gasteiger partial charge in [0.05, 0.1) is 44.3 Å². The number of hydrogen-bond donors (Lipinski definition) is 0. The summed E-state index contributed by atoms with van der Waals surface area (Å²) in [5, 5.41) is 12.1. The molecule has 0 saturated carbocycles. The van der Waals surface area contributed by atoms with Crippen molar-refractivity contribution in [2.75, 3.05) is 0 Å². The van der Waals surface area contributed by atoms with E-state index in [1.54, 1.807) is 11.3 Å². The second-order valence-corrected chi connectivity index (χ2v) is 16.4. The summed E-state index contributed by atoms with van der Waals surface area (Å²) in [5.41, 5.74) is 11.3. The zero-order chi connectivity index (χ0) is 37.6. The van der Waals surface area contributed by atoms with Gasteiger partial charge in [-0.1, -0.05) is 121 Å². The monoisotopic (exact) mass is 755 g/mol. The first kappa shape index (κ1) is 30.7. The maximum Gasteiger partial charge on any atom is 0.236 e. The van der Waals surface area contributed by atoms with Crippen LogP contribution in [0.4, 0.5) is 0 Å². The molecule has 0 atom stereocenters. The molecule has 58 heavy (non-hydrogen) atoms. The summed E-state index contributed by atoms with van der Waals surface area (Å²) in [6, 6.07) is 63.7. The maximum atomic E-state index is 5.71. The first-order valence-electron chi connectivity index (χ1n) is 19.7. The normalized spacial score (nSPS) is 12.5. The second kappa shape index (κ2) is 11.1. The van der Waals surface area contributed by atoms with Crippen LogP contribution in [0.5, 0.6) is 0 Å². The SMILES string of the molecule is c1ccc(-n2c3ccccc3c3ccc(-c4nc(-n5c6ccccc6c6cc7c8ccccc8n8c9ccccc9c(c65)c78)nc5sc6ccccc6c45)cc32)cc1. The van der Waals surface area contributed by atoms with Gasteiger partial charge in [-0.25, -0.2) is 9.97 Å². The lowest BCUT2D eigenvalue weighted by atomic mass is 10.0. The number of nitrogens with zero attached hydrogens (tertiary/aromatic N) is 5. The molecule has 0 aliphatic heterocycles. The molecule has 0 amide bonds. The van der Waals surface area contributed by atoms with Crippen molar-refractivity contribution in [3.63, 3.8) is 0 Å². The first-order valence-corrected chi connectivity index (χ1v) is 20.5. The Morgan fingerprint density at radius 2 is 0.948 bits per heavy atom. The molecule has 0 aliphatic carbocycles. The first-order chi connectivity index (χ1) is 28.8. The molecule has 0 unspecified atom stereocenters. The van der Waals surface area contributed by atoms with Crippen LogP contribution in [0.3, 0.4) is 0 Å². The Morgan fingerprint density at radius 1 is 0.379 bits per heavy atom. The number of aromatic nitrogens is 5.